The van der Waals surface area contributed by atoms with Crippen LogP contribution in [0.25, 0.3) is 0 Å². The van der Waals surface area contributed by atoms with Crippen LogP contribution >= 0.6 is 11.6 Å². The van der Waals surface area contributed by atoms with Crippen LogP contribution in [0.5, 0.6) is 0 Å². The van der Waals surface area contributed by atoms with Crippen LogP contribution in [-0.2, 0) is 14.3 Å². The van der Waals surface area contributed by atoms with E-state index < -0.39 is 0 Å². The van der Waals surface area contributed by atoms with Crippen LogP contribution in [0.4, 0.5) is 5.69 Å². The largest absolute Gasteiger partial charge is 0.376 e. The van der Waals surface area contributed by atoms with Crippen molar-refractivity contribution in [3.8, 4) is 0 Å². The van der Waals surface area contributed by atoms with Gasteiger partial charge in [0.05, 0.1) is 12.1 Å². The number of ether oxygens (including phenoxy) is 2. The Balaban J connectivity index is 1.94. The fourth-order valence-corrected chi connectivity index (χ4v) is 3.38. The van der Waals surface area contributed by atoms with Crippen molar-refractivity contribution in [2.24, 2.45) is 0 Å². The fraction of sp³-hybridized carbons (Fsp3) is 0.588. The maximum atomic E-state index is 13.0. The van der Waals surface area contributed by atoms with Crippen molar-refractivity contribution in [3.05, 3.63) is 28.8 Å². The predicted octanol–water partition coefficient (Wildman–Crippen LogP) is 3.34. The van der Waals surface area contributed by atoms with Crippen molar-refractivity contribution in [2.75, 3.05) is 18.1 Å². The molecule has 0 unspecified atom stereocenters. The zero-order valence-electron chi connectivity index (χ0n) is 13.0. The molecule has 2 aliphatic heterocycles. The van der Waals surface area contributed by atoms with Gasteiger partial charge < -0.3 is 14.4 Å². The maximum absolute atomic E-state index is 13.0. The number of hydrogen-bond donors (Lipinski definition) is 0. The van der Waals surface area contributed by atoms with Crippen molar-refractivity contribution in [3.63, 3.8) is 0 Å². The Bertz CT molecular complexity index is 557. The highest BCUT2D eigenvalue weighted by Crippen LogP contribution is 2.31. The summed E-state index contributed by atoms with van der Waals surface area (Å²) in [5.74, 6) is 0.0276. The molecule has 0 N–H and O–H groups in total. The number of anilines is 1. The van der Waals surface area contributed by atoms with Gasteiger partial charge in [-0.15, -0.1) is 0 Å². The quantitative estimate of drug-likeness (QED) is 0.856. The molecule has 1 aromatic rings. The second-order valence-corrected chi connectivity index (χ2v) is 6.48. The van der Waals surface area contributed by atoms with E-state index in [0.29, 0.717) is 18.2 Å². The standard InChI is InChI=1S/C17H22ClNO3/c1-11-5-6-13(10-14(11)18)19(15-7-9-21-12(15)2)17(20)16-4-3-8-22-16/h5-6,10,12,15-16H,3-4,7-9H2,1-2H3/t12-,15-,16-/m0/s1. The molecule has 1 amide bonds. The molecule has 0 spiro atoms. The third-order valence-corrected chi connectivity index (χ3v) is 4.95. The molecule has 0 aromatic heterocycles. The Kier molecular flexibility index (Phi) is 4.71. The van der Waals surface area contributed by atoms with Crippen molar-refractivity contribution < 1.29 is 14.3 Å². The van der Waals surface area contributed by atoms with Gasteiger partial charge in [0, 0.05) is 23.9 Å². The van der Waals surface area contributed by atoms with Crippen LogP contribution in [0.15, 0.2) is 18.2 Å². The number of carbonyl (C=O) groups excluding carboxylic acids is 1. The number of carbonyl (C=O) groups is 1. The number of hydrogen-bond acceptors (Lipinski definition) is 3. The normalized spacial score (nSPS) is 28.0. The Morgan fingerprint density at radius 1 is 1.27 bits per heavy atom. The summed E-state index contributed by atoms with van der Waals surface area (Å²) >= 11 is 6.26. The summed E-state index contributed by atoms with van der Waals surface area (Å²) in [7, 11) is 0. The monoisotopic (exact) mass is 323 g/mol. The Morgan fingerprint density at radius 2 is 2.09 bits per heavy atom. The smallest absolute Gasteiger partial charge is 0.256 e. The zero-order chi connectivity index (χ0) is 15.7. The van der Waals surface area contributed by atoms with E-state index in [-0.39, 0.29) is 24.2 Å². The summed E-state index contributed by atoms with van der Waals surface area (Å²) in [6, 6.07) is 5.82. The van der Waals surface area contributed by atoms with Crippen molar-refractivity contribution in [1.82, 2.24) is 0 Å². The summed E-state index contributed by atoms with van der Waals surface area (Å²) in [5.41, 5.74) is 1.84. The molecule has 0 radical (unpaired) electrons. The molecule has 120 valence electrons. The molecule has 2 fully saturated rings. The van der Waals surface area contributed by atoms with Gasteiger partial charge in [0.1, 0.15) is 6.10 Å². The highest BCUT2D eigenvalue weighted by atomic mass is 35.5. The van der Waals surface area contributed by atoms with Crippen LogP contribution < -0.4 is 4.90 Å². The van der Waals surface area contributed by atoms with Gasteiger partial charge in [-0.05, 0) is 50.8 Å². The number of benzene rings is 1. The average molecular weight is 324 g/mol. The van der Waals surface area contributed by atoms with Gasteiger partial charge in [-0.3, -0.25) is 4.79 Å². The lowest BCUT2D eigenvalue weighted by Gasteiger charge is -2.33. The molecular formula is C17H22ClNO3. The molecule has 2 saturated heterocycles. The lowest BCUT2D eigenvalue weighted by molar-refractivity contribution is -0.128. The topological polar surface area (TPSA) is 38.8 Å². The highest BCUT2D eigenvalue weighted by molar-refractivity contribution is 6.31. The van der Waals surface area contributed by atoms with E-state index in [1.807, 2.05) is 36.9 Å². The van der Waals surface area contributed by atoms with Gasteiger partial charge in [-0.25, -0.2) is 0 Å². The van der Waals surface area contributed by atoms with E-state index in [0.717, 1.165) is 30.5 Å². The predicted molar refractivity (Wildman–Crippen MR) is 86.5 cm³/mol. The molecule has 2 heterocycles. The number of halogens is 1. The fourth-order valence-electron chi connectivity index (χ4n) is 3.20. The van der Waals surface area contributed by atoms with Crippen molar-refractivity contribution >= 4 is 23.2 Å². The summed E-state index contributed by atoms with van der Waals surface area (Å²) in [6.45, 7) is 5.32. The molecule has 3 atom stereocenters. The maximum Gasteiger partial charge on any atom is 0.256 e. The van der Waals surface area contributed by atoms with Gasteiger partial charge in [0.2, 0.25) is 0 Å². The molecular weight excluding hydrogens is 302 g/mol. The number of rotatable bonds is 3. The SMILES string of the molecule is Cc1ccc(N(C(=O)[C@@H]2CCCO2)[C@H]2CCO[C@H]2C)cc1Cl. The van der Waals surface area contributed by atoms with Gasteiger partial charge in [-0.1, -0.05) is 17.7 Å². The molecule has 2 aliphatic rings. The van der Waals surface area contributed by atoms with Crippen LogP contribution in [-0.4, -0.2) is 37.4 Å². The zero-order valence-corrected chi connectivity index (χ0v) is 13.8. The van der Waals surface area contributed by atoms with E-state index in [9.17, 15) is 4.79 Å². The Hall–Kier alpha value is -1.10. The molecule has 0 saturated carbocycles. The summed E-state index contributed by atoms with van der Waals surface area (Å²) in [4.78, 5) is 14.8. The minimum atomic E-state index is -0.340. The van der Waals surface area contributed by atoms with Gasteiger partial charge in [0.25, 0.3) is 5.91 Å². The van der Waals surface area contributed by atoms with E-state index >= 15 is 0 Å². The lowest BCUT2D eigenvalue weighted by atomic mass is 10.1. The number of amides is 1. The van der Waals surface area contributed by atoms with E-state index in [4.69, 9.17) is 21.1 Å². The third-order valence-electron chi connectivity index (χ3n) is 4.54. The van der Waals surface area contributed by atoms with Crippen molar-refractivity contribution in [1.29, 1.82) is 0 Å². The first kappa shape index (κ1) is 15.8. The van der Waals surface area contributed by atoms with E-state index in [1.54, 1.807) is 0 Å². The van der Waals surface area contributed by atoms with Gasteiger partial charge >= 0.3 is 0 Å². The first-order valence-corrected chi connectivity index (χ1v) is 8.28. The Labute approximate surface area is 136 Å². The first-order valence-electron chi connectivity index (χ1n) is 7.90. The molecule has 4 nitrogen and oxygen atoms in total. The average Bonchev–Trinajstić information content (AvgIpc) is 3.15. The molecule has 0 aliphatic carbocycles. The minimum absolute atomic E-state index is 0.0189. The van der Waals surface area contributed by atoms with Gasteiger partial charge in [0.15, 0.2) is 0 Å². The van der Waals surface area contributed by atoms with Crippen LogP contribution in [0, 0.1) is 6.92 Å². The van der Waals surface area contributed by atoms with Crippen molar-refractivity contribution in [2.45, 2.75) is 51.4 Å². The number of aryl methyl sites for hydroxylation is 1. The molecule has 22 heavy (non-hydrogen) atoms. The molecule has 0 bridgehead atoms. The van der Waals surface area contributed by atoms with E-state index in [2.05, 4.69) is 0 Å². The second kappa shape index (κ2) is 6.57. The minimum Gasteiger partial charge on any atom is -0.376 e. The first-order chi connectivity index (χ1) is 10.6. The molecule has 1 aromatic carbocycles. The summed E-state index contributed by atoms with van der Waals surface area (Å²) in [5, 5.41) is 0.675. The van der Waals surface area contributed by atoms with Gasteiger partial charge in [-0.2, -0.15) is 0 Å². The van der Waals surface area contributed by atoms with Crippen LogP contribution in [0.1, 0.15) is 31.7 Å². The van der Waals surface area contributed by atoms with Crippen LogP contribution in [0.3, 0.4) is 0 Å². The molecule has 5 heteroatoms. The van der Waals surface area contributed by atoms with Crippen LogP contribution in [0.2, 0.25) is 5.02 Å². The summed E-state index contributed by atoms with van der Waals surface area (Å²) < 4.78 is 11.3. The number of nitrogens with zero attached hydrogens (tertiary/aromatic N) is 1. The Morgan fingerprint density at radius 3 is 2.68 bits per heavy atom. The summed E-state index contributed by atoms with van der Waals surface area (Å²) in [6.07, 6.45) is 2.25. The highest BCUT2D eigenvalue weighted by Gasteiger charge is 2.38. The lowest BCUT2D eigenvalue weighted by Crippen LogP contribution is -2.48. The molecule has 3 rings (SSSR count). The third kappa shape index (κ3) is 3.00. The second-order valence-electron chi connectivity index (χ2n) is 6.08. The van der Waals surface area contributed by atoms with E-state index in [1.165, 1.54) is 0 Å².